The van der Waals surface area contributed by atoms with E-state index >= 15 is 0 Å². The van der Waals surface area contributed by atoms with Gasteiger partial charge in [-0.05, 0) is 24.1 Å². The smallest absolute Gasteiger partial charge is 0.386 e. The minimum atomic E-state index is -4.57. The van der Waals surface area contributed by atoms with Crippen LogP contribution in [0.2, 0.25) is 0 Å². The van der Waals surface area contributed by atoms with Gasteiger partial charge in [-0.1, -0.05) is 12.1 Å². The van der Waals surface area contributed by atoms with Crippen LogP contribution < -0.4 is 0 Å². The van der Waals surface area contributed by atoms with E-state index in [-0.39, 0.29) is 18.4 Å². The molecule has 1 aromatic carbocycles. The highest BCUT2D eigenvalue weighted by atomic mass is 19.4. The van der Waals surface area contributed by atoms with Crippen molar-refractivity contribution < 1.29 is 28.1 Å². The second-order valence-corrected chi connectivity index (χ2v) is 5.42. The van der Waals surface area contributed by atoms with Crippen LogP contribution >= 0.6 is 0 Å². The average Bonchev–Trinajstić information content (AvgIpc) is 2.45. The first-order chi connectivity index (χ1) is 10.6. The van der Waals surface area contributed by atoms with Crippen LogP contribution in [0.5, 0.6) is 0 Å². The topological polar surface area (TPSA) is 107 Å². The summed E-state index contributed by atoms with van der Waals surface area (Å²) < 4.78 is 37.7. The van der Waals surface area contributed by atoms with Crippen LogP contribution in [0.3, 0.4) is 0 Å². The fraction of sp³-hybridized carbons (Fsp3) is 0.538. The Kier molecular flexibility index (Phi) is 4.55. The van der Waals surface area contributed by atoms with Gasteiger partial charge in [0, 0.05) is 16.3 Å². The van der Waals surface area contributed by atoms with Crippen LogP contribution in [0, 0.1) is 20.2 Å². The third kappa shape index (κ3) is 3.41. The second kappa shape index (κ2) is 6.11. The van der Waals surface area contributed by atoms with Gasteiger partial charge in [-0.25, -0.2) is 0 Å². The zero-order valence-electron chi connectivity index (χ0n) is 11.6. The molecule has 1 aromatic rings. The molecule has 0 aliphatic heterocycles. The zero-order valence-corrected chi connectivity index (χ0v) is 11.6. The van der Waals surface area contributed by atoms with Crippen LogP contribution in [0.1, 0.15) is 29.9 Å². The maximum absolute atomic E-state index is 12.6. The summed E-state index contributed by atoms with van der Waals surface area (Å²) >= 11 is 0. The van der Waals surface area contributed by atoms with Gasteiger partial charge < -0.3 is 5.11 Å². The number of hydrogen-bond acceptors (Lipinski definition) is 5. The Bertz CT molecular complexity index is 605. The van der Waals surface area contributed by atoms with E-state index in [1.807, 2.05) is 0 Å². The van der Waals surface area contributed by atoms with Gasteiger partial charge in [0.05, 0.1) is 5.56 Å². The molecule has 7 nitrogen and oxygen atoms in total. The van der Waals surface area contributed by atoms with E-state index in [0.717, 1.165) is 24.3 Å². The van der Waals surface area contributed by atoms with Crippen molar-refractivity contribution >= 4 is 0 Å². The Morgan fingerprint density at radius 2 is 1.61 bits per heavy atom. The van der Waals surface area contributed by atoms with E-state index in [2.05, 4.69) is 0 Å². The molecule has 1 fully saturated rings. The molecule has 0 amide bonds. The lowest BCUT2D eigenvalue weighted by Gasteiger charge is -2.31. The van der Waals surface area contributed by atoms with Gasteiger partial charge in [0.1, 0.15) is 12.0 Å². The molecule has 1 aliphatic carbocycles. The molecule has 4 atom stereocenters. The summed E-state index contributed by atoms with van der Waals surface area (Å²) in [5, 5.41) is 32.2. The summed E-state index contributed by atoms with van der Waals surface area (Å²) in [7, 11) is 0. The molecule has 0 radical (unpaired) electrons. The van der Waals surface area contributed by atoms with Gasteiger partial charge in [0.25, 0.3) is 6.04 Å². The third-order valence-corrected chi connectivity index (χ3v) is 4.07. The van der Waals surface area contributed by atoms with Crippen molar-refractivity contribution in [2.24, 2.45) is 0 Å². The quantitative estimate of drug-likeness (QED) is 0.674. The molecule has 23 heavy (non-hydrogen) atoms. The lowest BCUT2D eigenvalue weighted by molar-refractivity contribution is -0.581. The lowest BCUT2D eigenvalue weighted by Crippen LogP contribution is -2.50. The fourth-order valence-electron chi connectivity index (χ4n) is 2.98. The maximum Gasteiger partial charge on any atom is 0.416 e. The van der Waals surface area contributed by atoms with Gasteiger partial charge in [0.15, 0.2) is 0 Å². The van der Waals surface area contributed by atoms with E-state index in [1.165, 1.54) is 0 Å². The number of alkyl halides is 3. The molecule has 0 heterocycles. The molecule has 4 unspecified atom stereocenters. The third-order valence-electron chi connectivity index (χ3n) is 4.07. The van der Waals surface area contributed by atoms with E-state index in [9.17, 15) is 38.5 Å². The van der Waals surface area contributed by atoms with Crippen molar-refractivity contribution in [3.05, 3.63) is 55.6 Å². The summed E-state index contributed by atoms with van der Waals surface area (Å²) in [4.78, 5) is 20.9. The monoisotopic (exact) mass is 334 g/mol. The molecule has 1 N–H and O–H groups in total. The number of benzene rings is 1. The molecule has 126 valence electrons. The Balaban J connectivity index is 2.44. The maximum atomic E-state index is 12.6. The van der Waals surface area contributed by atoms with Gasteiger partial charge in [-0.2, -0.15) is 13.2 Å². The molecule has 0 saturated heterocycles. The Hall–Kier alpha value is -2.23. The minimum absolute atomic E-state index is 0.0418. The molecule has 0 spiro atoms. The van der Waals surface area contributed by atoms with E-state index < -0.39 is 45.7 Å². The number of aliphatic hydroxyl groups is 1. The summed E-state index contributed by atoms with van der Waals surface area (Å²) in [6.45, 7) is 0. The van der Waals surface area contributed by atoms with Crippen LogP contribution in [-0.2, 0) is 6.18 Å². The predicted molar refractivity (Wildman–Crippen MR) is 71.0 cm³/mol. The van der Waals surface area contributed by atoms with Crippen LogP contribution in [0.25, 0.3) is 0 Å². The Labute approximate surface area is 128 Å². The molecular formula is C13H13F3N2O5. The number of aliphatic hydroxyl groups excluding tert-OH is 1. The average molecular weight is 334 g/mol. The highest BCUT2D eigenvalue weighted by Crippen LogP contribution is 2.38. The molecule has 0 aromatic heterocycles. The van der Waals surface area contributed by atoms with Crippen molar-refractivity contribution in [2.75, 3.05) is 0 Å². The van der Waals surface area contributed by atoms with Crippen LogP contribution in [-0.4, -0.2) is 33.1 Å². The van der Waals surface area contributed by atoms with Crippen molar-refractivity contribution in [3.8, 4) is 0 Å². The van der Waals surface area contributed by atoms with Gasteiger partial charge in [-0.3, -0.25) is 20.2 Å². The van der Waals surface area contributed by atoms with Crippen molar-refractivity contribution in [1.29, 1.82) is 0 Å². The van der Waals surface area contributed by atoms with Crippen molar-refractivity contribution in [3.63, 3.8) is 0 Å². The molecule has 10 heteroatoms. The number of nitrogens with zero attached hydrogens (tertiary/aromatic N) is 2. The zero-order chi connectivity index (χ0) is 17.4. The molecule has 1 saturated carbocycles. The highest BCUT2D eigenvalue weighted by Gasteiger charge is 2.52. The molecule has 1 aliphatic rings. The second-order valence-electron chi connectivity index (χ2n) is 5.42. The summed E-state index contributed by atoms with van der Waals surface area (Å²) in [5.41, 5.74) is -0.909. The minimum Gasteiger partial charge on any atom is -0.386 e. The summed E-state index contributed by atoms with van der Waals surface area (Å²) in [6.07, 6.45) is -6.14. The molecular weight excluding hydrogens is 321 g/mol. The lowest BCUT2D eigenvalue weighted by atomic mass is 9.75. The summed E-state index contributed by atoms with van der Waals surface area (Å²) in [5.74, 6) is -1.29. The predicted octanol–water partition coefficient (Wildman–Crippen LogP) is 2.23. The first-order valence-electron chi connectivity index (χ1n) is 6.75. The Morgan fingerprint density at radius 3 is 2.04 bits per heavy atom. The van der Waals surface area contributed by atoms with E-state index in [1.54, 1.807) is 0 Å². The standard InChI is InChI=1S/C13H13F3N2O5/c14-13(15,16)8-3-1-7(2-4-8)11-9(17(20)21)5-6-10(19)12(11)18(22)23/h1-4,9-12,19H,5-6H2. The largest absolute Gasteiger partial charge is 0.416 e. The van der Waals surface area contributed by atoms with Crippen LogP contribution in [0.4, 0.5) is 13.2 Å². The van der Waals surface area contributed by atoms with Crippen molar-refractivity contribution in [2.45, 2.75) is 43.1 Å². The Morgan fingerprint density at radius 1 is 1.04 bits per heavy atom. The first kappa shape index (κ1) is 17.1. The first-order valence-corrected chi connectivity index (χ1v) is 6.75. The van der Waals surface area contributed by atoms with E-state index in [4.69, 9.17) is 0 Å². The highest BCUT2D eigenvalue weighted by molar-refractivity contribution is 5.29. The van der Waals surface area contributed by atoms with Gasteiger partial charge in [0.2, 0.25) is 6.04 Å². The number of halogens is 3. The van der Waals surface area contributed by atoms with Gasteiger partial charge >= 0.3 is 6.18 Å². The fourth-order valence-corrected chi connectivity index (χ4v) is 2.98. The normalized spacial score (nSPS) is 28.3. The molecule has 0 bridgehead atoms. The molecule has 2 rings (SSSR count). The number of nitro groups is 2. The SMILES string of the molecule is O=[N+]([O-])C1CCC(O)C([N+](=O)[O-])C1c1ccc(C(F)(F)F)cc1. The summed E-state index contributed by atoms with van der Waals surface area (Å²) in [6, 6.07) is 0.493. The van der Waals surface area contributed by atoms with Crippen LogP contribution in [0.15, 0.2) is 24.3 Å². The number of rotatable bonds is 3. The van der Waals surface area contributed by atoms with Gasteiger partial charge in [-0.15, -0.1) is 0 Å². The van der Waals surface area contributed by atoms with Crippen molar-refractivity contribution in [1.82, 2.24) is 0 Å². The van der Waals surface area contributed by atoms with E-state index in [0.29, 0.717) is 0 Å². The number of hydrogen-bond donors (Lipinski definition) is 1.